The molecule has 1 amide bonds. The number of piperazine rings is 1. The van der Waals surface area contributed by atoms with Crippen molar-refractivity contribution in [3.05, 3.63) is 50.6 Å². The van der Waals surface area contributed by atoms with E-state index >= 15 is 0 Å². The minimum atomic E-state index is -0.616. The highest BCUT2D eigenvalue weighted by atomic mass is 16.3. The van der Waals surface area contributed by atoms with Gasteiger partial charge in [-0.3, -0.25) is 18.7 Å². The molecule has 9 heteroatoms. The summed E-state index contributed by atoms with van der Waals surface area (Å²) >= 11 is 0. The van der Waals surface area contributed by atoms with Crippen molar-refractivity contribution in [2.75, 3.05) is 31.1 Å². The molecule has 1 saturated heterocycles. The fourth-order valence-corrected chi connectivity index (χ4v) is 2.98. The van der Waals surface area contributed by atoms with Crippen LogP contribution in [0.1, 0.15) is 16.1 Å². The summed E-state index contributed by atoms with van der Waals surface area (Å²) < 4.78 is 7.33. The summed E-state index contributed by atoms with van der Waals surface area (Å²) in [5, 5.41) is 9.35. The standard InChI is InChI=1S/C16H17N5O4/c1-18-13(11(10-17)14(22)19(2)16(18)24)20-5-7-21(8-6-20)15(23)12-4-3-9-25-12/h3-4,9H,5-8H2,1-2H3. The fraction of sp³-hybridized carbons (Fsp3) is 0.375. The molecular formula is C16H17N5O4. The van der Waals surface area contributed by atoms with Crippen molar-refractivity contribution < 1.29 is 9.21 Å². The monoisotopic (exact) mass is 343 g/mol. The van der Waals surface area contributed by atoms with Crippen LogP contribution < -0.4 is 16.1 Å². The molecule has 0 bridgehead atoms. The van der Waals surface area contributed by atoms with Crippen LogP contribution in [-0.2, 0) is 14.1 Å². The molecule has 25 heavy (non-hydrogen) atoms. The number of rotatable bonds is 2. The molecule has 1 fully saturated rings. The van der Waals surface area contributed by atoms with E-state index < -0.39 is 11.2 Å². The maximum Gasteiger partial charge on any atom is 0.332 e. The third-order valence-corrected chi connectivity index (χ3v) is 4.34. The Morgan fingerprint density at radius 2 is 1.84 bits per heavy atom. The SMILES string of the molecule is Cn1c(N2CCN(C(=O)c3ccco3)CC2)c(C#N)c(=O)n(C)c1=O. The Kier molecular flexibility index (Phi) is 4.19. The van der Waals surface area contributed by atoms with Crippen LogP contribution in [0.5, 0.6) is 0 Å². The summed E-state index contributed by atoms with van der Waals surface area (Å²) in [6.07, 6.45) is 1.44. The molecule has 130 valence electrons. The smallest absolute Gasteiger partial charge is 0.332 e. The lowest BCUT2D eigenvalue weighted by molar-refractivity contribution is 0.0714. The Bertz CT molecular complexity index is 956. The van der Waals surface area contributed by atoms with E-state index in [0.29, 0.717) is 32.0 Å². The molecule has 1 aliphatic rings. The first-order valence-electron chi connectivity index (χ1n) is 7.73. The highest BCUT2D eigenvalue weighted by molar-refractivity contribution is 5.91. The highest BCUT2D eigenvalue weighted by Crippen LogP contribution is 2.18. The van der Waals surface area contributed by atoms with Crippen LogP contribution in [0.3, 0.4) is 0 Å². The minimum absolute atomic E-state index is 0.0737. The number of carbonyl (C=O) groups excluding carboxylic acids is 1. The van der Waals surface area contributed by atoms with Crippen molar-refractivity contribution in [1.82, 2.24) is 14.0 Å². The van der Waals surface area contributed by atoms with E-state index in [0.717, 1.165) is 4.57 Å². The van der Waals surface area contributed by atoms with Crippen LogP contribution in [0, 0.1) is 11.3 Å². The van der Waals surface area contributed by atoms with Gasteiger partial charge < -0.3 is 14.2 Å². The lowest BCUT2D eigenvalue weighted by atomic mass is 10.2. The van der Waals surface area contributed by atoms with Crippen LogP contribution >= 0.6 is 0 Å². The van der Waals surface area contributed by atoms with Crippen molar-refractivity contribution >= 4 is 11.7 Å². The van der Waals surface area contributed by atoms with Crippen LogP contribution in [0.2, 0.25) is 0 Å². The number of nitriles is 1. The van der Waals surface area contributed by atoms with Gasteiger partial charge in [-0.1, -0.05) is 0 Å². The lowest BCUT2D eigenvalue weighted by Crippen LogP contribution is -2.51. The molecule has 2 aromatic rings. The Morgan fingerprint density at radius 1 is 1.16 bits per heavy atom. The molecule has 0 unspecified atom stereocenters. The number of carbonyl (C=O) groups is 1. The van der Waals surface area contributed by atoms with E-state index in [1.54, 1.807) is 21.9 Å². The first-order valence-corrected chi connectivity index (χ1v) is 7.73. The molecule has 3 rings (SSSR count). The average molecular weight is 343 g/mol. The fourth-order valence-electron chi connectivity index (χ4n) is 2.98. The summed E-state index contributed by atoms with van der Waals surface area (Å²) in [6, 6.07) is 5.15. The van der Waals surface area contributed by atoms with E-state index in [1.165, 1.54) is 24.9 Å². The predicted molar refractivity (Wildman–Crippen MR) is 88.5 cm³/mol. The molecule has 0 aromatic carbocycles. The zero-order valence-corrected chi connectivity index (χ0v) is 13.9. The molecule has 1 aliphatic heterocycles. The molecule has 0 saturated carbocycles. The summed E-state index contributed by atoms with van der Waals surface area (Å²) in [4.78, 5) is 40.1. The second-order valence-corrected chi connectivity index (χ2v) is 5.77. The Balaban J connectivity index is 1.87. The molecule has 0 aliphatic carbocycles. The van der Waals surface area contributed by atoms with Crippen molar-refractivity contribution in [3.8, 4) is 6.07 Å². The van der Waals surface area contributed by atoms with Gasteiger partial charge in [0.25, 0.3) is 11.5 Å². The topological polar surface area (TPSA) is 104 Å². The number of aromatic nitrogens is 2. The van der Waals surface area contributed by atoms with Gasteiger partial charge in [-0.2, -0.15) is 5.26 Å². The molecular weight excluding hydrogens is 326 g/mol. The number of hydrogen-bond acceptors (Lipinski definition) is 6. The number of amides is 1. The minimum Gasteiger partial charge on any atom is -0.459 e. The number of hydrogen-bond donors (Lipinski definition) is 0. The second-order valence-electron chi connectivity index (χ2n) is 5.77. The predicted octanol–water partition coefficient (Wildman–Crippen LogP) is -0.489. The van der Waals surface area contributed by atoms with Gasteiger partial charge in [-0.15, -0.1) is 0 Å². The van der Waals surface area contributed by atoms with E-state index in [2.05, 4.69) is 0 Å². The second kappa shape index (κ2) is 6.32. The zero-order chi connectivity index (χ0) is 18.1. The van der Waals surface area contributed by atoms with Gasteiger partial charge in [0.05, 0.1) is 6.26 Å². The van der Waals surface area contributed by atoms with Gasteiger partial charge in [0.15, 0.2) is 11.3 Å². The quantitative estimate of drug-likeness (QED) is 0.729. The highest BCUT2D eigenvalue weighted by Gasteiger charge is 2.27. The van der Waals surface area contributed by atoms with Crippen LogP contribution in [0.15, 0.2) is 32.4 Å². The van der Waals surface area contributed by atoms with E-state index in [9.17, 15) is 19.6 Å². The summed E-state index contributed by atoms with van der Waals surface area (Å²) in [7, 11) is 2.87. The maximum atomic E-state index is 12.3. The van der Waals surface area contributed by atoms with Gasteiger partial charge in [0.2, 0.25) is 0 Å². The Hall–Kier alpha value is -3.28. The molecule has 0 spiro atoms. The van der Waals surface area contributed by atoms with Gasteiger partial charge in [-0.25, -0.2) is 4.79 Å². The lowest BCUT2D eigenvalue weighted by Gasteiger charge is -2.36. The molecule has 0 N–H and O–H groups in total. The van der Waals surface area contributed by atoms with Gasteiger partial charge in [0.1, 0.15) is 11.9 Å². The number of anilines is 1. The first kappa shape index (κ1) is 16.6. The van der Waals surface area contributed by atoms with Crippen molar-refractivity contribution in [1.29, 1.82) is 5.26 Å². The third kappa shape index (κ3) is 2.71. The molecule has 0 radical (unpaired) electrons. The zero-order valence-electron chi connectivity index (χ0n) is 13.9. The average Bonchev–Trinajstić information content (AvgIpc) is 3.17. The Morgan fingerprint density at radius 3 is 2.40 bits per heavy atom. The van der Waals surface area contributed by atoms with Crippen LogP contribution in [0.25, 0.3) is 0 Å². The number of nitrogens with zero attached hydrogens (tertiary/aromatic N) is 5. The van der Waals surface area contributed by atoms with Gasteiger partial charge in [0, 0.05) is 40.3 Å². The van der Waals surface area contributed by atoms with E-state index in [4.69, 9.17) is 4.42 Å². The maximum absolute atomic E-state index is 12.3. The van der Waals surface area contributed by atoms with Crippen LogP contribution in [0.4, 0.5) is 5.82 Å². The summed E-state index contributed by atoms with van der Waals surface area (Å²) in [5.41, 5.74) is -1.18. The first-order chi connectivity index (χ1) is 12.0. The summed E-state index contributed by atoms with van der Waals surface area (Å²) in [6.45, 7) is 1.60. The number of furan rings is 1. The Labute approximate surface area is 142 Å². The van der Waals surface area contributed by atoms with E-state index in [-0.39, 0.29) is 17.2 Å². The normalized spacial score (nSPS) is 14.4. The van der Waals surface area contributed by atoms with Gasteiger partial charge in [-0.05, 0) is 12.1 Å². The van der Waals surface area contributed by atoms with E-state index in [1.807, 2.05) is 6.07 Å². The molecule has 0 atom stereocenters. The molecule has 9 nitrogen and oxygen atoms in total. The molecule has 3 heterocycles. The van der Waals surface area contributed by atoms with Crippen LogP contribution in [-0.4, -0.2) is 46.1 Å². The van der Waals surface area contributed by atoms with Gasteiger partial charge >= 0.3 is 5.69 Å². The van der Waals surface area contributed by atoms with Crippen molar-refractivity contribution in [2.45, 2.75) is 0 Å². The van der Waals surface area contributed by atoms with Crippen molar-refractivity contribution in [2.24, 2.45) is 14.1 Å². The third-order valence-electron chi connectivity index (χ3n) is 4.34. The molecule has 2 aromatic heterocycles. The largest absolute Gasteiger partial charge is 0.459 e. The van der Waals surface area contributed by atoms with Crippen molar-refractivity contribution in [3.63, 3.8) is 0 Å². The summed E-state index contributed by atoms with van der Waals surface area (Å²) in [5.74, 6) is 0.357.